The molecule has 5 aliphatic rings. The lowest BCUT2D eigenvalue weighted by Crippen LogP contribution is -2.67. The Morgan fingerprint density at radius 3 is 1.46 bits per heavy atom. The number of aliphatic hydroxyl groups is 12. The predicted octanol–water partition coefficient (Wildman–Crippen LogP) is -3.03. The topological polar surface area (TPSA) is 372 Å². The first-order chi connectivity index (χ1) is 32.2. The van der Waals surface area contributed by atoms with Gasteiger partial charge in [-0.25, -0.2) is 0 Å². The largest absolute Gasteiger partial charge is 0.481 e. The maximum absolute atomic E-state index is 11.9. The Hall–Kier alpha value is -1.41. The number of hydrogen-bond acceptors (Lipinski definition) is 23. The molecule has 5 rings (SSSR count). The van der Waals surface area contributed by atoms with Gasteiger partial charge in [0.25, 0.3) is 0 Å². The molecule has 0 aromatic rings. The minimum atomic E-state index is -1.95. The maximum Gasteiger partial charge on any atom is 0.303 e. The molecule has 0 amide bonds. The number of carbonyl (C=O) groups is 1. The minimum absolute atomic E-state index is 0.165. The van der Waals surface area contributed by atoms with Gasteiger partial charge < -0.3 is 114 Å². The summed E-state index contributed by atoms with van der Waals surface area (Å²) in [5.74, 6) is -0.796. The van der Waals surface area contributed by atoms with Crippen LogP contribution in [-0.4, -0.2) is 239 Å². The number of aliphatic carboxylic acids is 1. The molecule has 5 aliphatic heterocycles. The first-order valence-corrected chi connectivity index (χ1v) is 24.1. The van der Waals surface area contributed by atoms with Crippen molar-refractivity contribution in [1.29, 1.82) is 0 Å². The van der Waals surface area contributed by atoms with Gasteiger partial charge in [0.15, 0.2) is 31.5 Å². The van der Waals surface area contributed by atoms with E-state index >= 15 is 0 Å². The van der Waals surface area contributed by atoms with Gasteiger partial charge in [-0.3, -0.25) is 4.79 Å². The van der Waals surface area contributed by atoms with Crippen molar-refractivity contribution in [3.8, 4) is 0 Å². The standard InChI is InChI=1S/C44H78O24/c1-6-14-22(15-12-10-8-7-9-11-13-16-24(46)47)63-44-39(30(53)26(49)19(3)60-44)68-41-34(57)31(54)36(20(4)61-41)65-43-35(58)38(67-42-33(56)29(52)27(50)23(17-45)64-42)37(21(5)62-43)66-40-32(55)28(51)25(48)18(2)59-40/h18-23,25-45,48-58H,6-17H2,1-5H3,(H,46,47)/t18-,19+,20-,21-,22-,23+,25-,26-,27+,28+,29-,30-,31-,32+,33+,34+,35+,36-,37-,38-,39+,40-,41-,42-,43-,44-/m0/s1. The molecule has 0 radical (unpaired) electrons. The van der Waals surface area contributed by atoms with Crippen LogP contribution < -0.4 is 0 Å². The highest BCUT2D eigenvalue weighted by Crippen LogP contribution is 2.37. The van der Waals surface area contributed by atoms with E-state index in [4.69, 9.17) is 52.5 Å². The monoisotopic (exact) mass is 990 g/mol. The van der Waals surface area contributed by atoms with E-state index in [0.717, 1.165) is 44.9 Å². The SMILES string of the molecule is CCC[C@@H](CCCCCCCCCC(=O)O)O[C@@H]1O[C@H](C)[C@H](O)[C@H](O)[C@H]1O[C@@H]1O[C@@H](C)[C@H](O[C@@H]2O[C@@H](C)[C@H](O[C@@H]3O[C@@H](C)[C@H](O)[C@@H](O)[C@H]3O)[C@@H](O[C@@H]3O[C@H](CO)[C@@H](O)[C@H](O)[C@H]3O)[C@H]2O)[C@@H](O)[C@H]1O. The first kappa shape index (κ1) is 57.5. The van der Waals surface area contributed by atoms with E-state index in [1.807, 2.05) is 6.92 Å². The molecule has 24 nitrogen and oxygen atoms in total. The molecule has 68 heavy (non-hydrogen) atoms. The van der Waals surface area contributed by atoms with Gasteiger partial charge >= 0.3 is 5.97 Å². The van der Waals surface area contributed by atoms with Gasteiger partial charge in [-0.15, -0.1) is 0 Å². The molecule has 5 saturated heterocycles. The number of carboxylic acid groups (broad SMARTS) is 1. The Labute approximate surface area is 395 Å². The average molecular weight is 991 g/mol. The fourth-order valence-corrected chi connectivity index (χ4v) is 9.26. The lowest BCUT2D eigenvalue weighted by Gasteiger charge is -2.50. The van der Waals surface area contributed by atoms with Crippen molar-refractivity contribution >= 4 is 5.97 Å². The van der Waals surface area contributed by atoms with Crippen LogP contribution in [0.25, 0.3) is 0 Å². The van der Waals surface area contributed by atoms with Gasteiger partial charge in [0.05, 0.1) is 37.1 Å². The summed E-state index contributed by atoms with van der Waals surface area (Å²) in [6.45, 7) is 7.04. The molecular formula is C44H78O24. The Kier molecular flexibility index (Phi) is 22.4. The van der Waals surface area contributed by atoms with Crippen molar-refractivity contribution in [2.45, 2.75) is 265 Å². The van der Waals surface area contributed by atoms with Crippen molar-refractivity contribution in [2.75, 3.05) is 6.61 Å². The van der Waals surface area contributed by atoms with Gasteiger partial charge in [-0.1, -0.05) is 51.9 Å². The van der Waals surface area contributed by atoms with Gasteiger partial charge in [0, 0.05) is 6.42 Å². The molecule has 0 saturated carbocycles. The molecule has 0 bridgehead atoms. The maximum atomic E-state index is 11.9. The lowest BCUT2D eigenvalue weighted by atomic mass is 9.95. The number of unbranched alkanes of at least 4 members (excludes halogenated alkanes) is 6. The Bertz CT molecular complexity index is 1480. The van der Waals surface area contributed by atoms with Crippen LogP contribution in [0.15, 0.2) is 0 Å². The minimum Gasteiger partial charge on any atom is -0.481 e. The number of hydrogen-bond donors (Lipinski definition) is 13. The van der Waals surface area contributed by atoms with Crippen molar-refractivity contribution in [1.82, 2.24) is 0 Å². The van der Waals surface area contributed by atoms with Crippen molar-refractivity contribution < 1.29 is 119 Å². The summed E-state index contributed by atoms with van der Waals surface area (Å²) in [5, 5.41) is 139. The van der Waals surface area contributed by atoms with Crippen molar-refractivity contribution in [3.05, 3.63) is 0 Å². The summed E-state index contributed by atoms with van der Waals surface area (Å²) in [6, 6.07) is 0. The summed E-state index contributed by atoms with van der Waals surface area (Å²) >= 11 is 0. The van der Waals surface area contributed by atoms with E-state index in [2.05, 4.69) is 0 Å². The predicted molar refractivity (Wildman–Crippen MR) is 228 cm³/mol. The van der Waals surface area contributed by atoms with E-state index in [1.165, 1.54) is 20.8 Å². The summed E-state index contributed by atoms with van der Waals surface area (Å²) < 4.78 is 59.7. The zero-order valence-electron chi connectivity index (χ0n) is 39.3. The van der Waals surface area contributed by atoms with Crippen LogP contribution in [0.5, 0.6) is 0 Å². The highest BCUT2D eigenvalue weighted by molar-refractivity contribution is 5.66. The zero-order valence-corrected chi connectivity index (χ0v) is 39.3. The van der Waals surface area contributed by atoms with Crippen molar-refractivity contribution in [3.63, 3.8) is 0 Å². The van der Waals surface area contributed by atoms with E-state index in [1.54, 1.807) is 6.92 Å². The summed E-state index contributed by atoms with van der Waals surface area (Å²) in [6.07, 6.45) is -31.1. The molecule has 5 heterocycles. The zero-order chi connectivity index (χ0) is 50.1. The van der Waals surface area contributed by atoms with Gasteiger partial charge in [-0.2, -0.15) is 0 Å². The lowest BCUT2D eigenvalue weighted by molar-refractivity contribution is -0.400. The first-order valence-electron chi connectivity index (χ1n) is 24.1. The van der Waals surface area contributed by atoms with Crippen LogP contribution in [0, 0.1) is 0 Å². The Morgan fingerprint density at radius 2 is 0.868 bits per heavy atom. The normalized spacial score (nSPS) is 46.3. The number of carboxylic acids is 1. The van der Waals surface area contributed by atoms with Crippen LogP contribution in [-0.2, 0) is 52.2 Å². The van der Waals surface area contributed by atoms with Gasteiger partial charge in [-0.05, 0) is 47.0 Å². The molecule has 24 heteroatoms. The van der Waals surface area contributed by atoms with Crippen LogP contribution in [0.2, 0.25) is 0 Å². The van der Waals surface area contributed by atoms with Crippen LogP contribution in [0.1, 0.15) is 105 Å². The van der Waals surface area contributed by atoms with E-state index in [-0.39, 0.29) is 12.5 Å². The second-order valence-electron chi connectivity index (χ2n) is 18.8. The van der Waals surface area contributed by atoms with Crippen molar-refractivity contribution in [2.24, 2.45) is 0 Å². The molecule has 0 spiro atoms. The van der Waals surface area contributed by atoms with E-state index in [9.17, 15) is 66.1 Å². The second kappa shape index (κ2) is 26.5. The third-order valence-corrected chi connectivity index (χ3v) is 13.5. The Balaban J connectivity index is 1.26. The molecule has 398 valence electrons. The number of aliphatic hydroxyl groups excluding tert-OH is 12. The average Bonchev–Trinajstić information content (AvgIpc) is 3.30. The molecular weight excluding hydrogens is 912 g/mol. The molecule has 0 unspecified atom stereocenters. The molecule has 0 aromatic heterocycles. The fraction of sp³-hybridized carbons (Fsp3) is 0.977. The Morgan fingerprint density at radius 1 is 0.441 bits per heavy atom. The van der Waals surface area contributed by atoms with Crippen LogP contribution in [0.3, 0.4) is 0 Å². The third-order valence-electron chi connectivity index (χ3n) is 13.5. The molecule has 13 N–H and O–H groups in total. The third kappa shape index (κ3) is 14.2. The summed E-state index contributed by atoms with van der Waals surface area (Å²) in [4.78, 5) is 10.8. The quantitative estimate of drug-likeness (QED) is 0.0453. The van der Waals surface area contributed by atoms with Crippen LogP contribution in [0.4, 0.5) is 0 Å². The second-order valence-corrected chi connectivity index (χ2v) is 18.8. The number of ether oxygens (including phenoxy) is 10. The van der Waals surface area contributed by atoms with Crippen LogP contribution >= 0.6 is 0 Å². The number of rotatable bonds is 23. The molecule has 0 aliphatic carbocycles. The molecule has 5 fully saturated rings. The highest BCUT2D eigenvalue weighted by Gasteiger charge is 2.56. The van der Waals surface area contributed by atoms with Gasteiger partial charge in [0.1, 0.15) is 97.7 Å². The van der Waals surface area contributed by atoms with E-state index in [0.29, 0.717) is 19.3 Å². The molecule has 0 aromatic carbocycles. The summed E-state index contributed by atoms with van der Waals surface area (Å²) in [5.41, 5.74) is 0. The summed E-state index contributed by atoms with van der Waals surface area (Å²) in [7, 11) is 0. The van der Waals surface area contributed by atoms with E-state index < -0.39 is 166 Å². The van der Waals surface area contributed by atoms with Gasteiger partial charge in [0.2, 0.25) is 0 Å². The fourth-order valence-electron chi connectivity index (χ4n) is 9.26. The molecule has 26 atom stereocenters. The smallest absolute Gasteiger partial charge is 0.303 e. The highest BCUT2D eigenvalue weighted by atomic mass is 16.8.